The molecule has 0 aliphatic carbocycles. The Morgan fingerprint density at radius 3 is 2.75 bits per heavy atom. The van der Waals surface area contributed by atoms with E-state index in [9.17, 15) is 18.5 Å². The van der Waals surface area contributed by atoms with Crippen LogP contribution in [0.1, 0.15) is 5.82 Å². The Hall–Kier alpha value is -2.00. The molecule has 2 aromatic rings. The van der Waals surface area contributed by atoms with Crippen LogP contribution in [0.15, 0.2) is 18.2 Å². The maximum absolute atomic E-state index is 11.0. The number of nitro benzene ring substituents is 1. The van der Waals surface area contributed by atoms with Crippen molar-refractivity contribution in [1.82, 2.24) is 14.3 Å². The van der Waals surface area contributed by atoms with Crippen molar-refractivity contribution in [1.29, 1.82) is 0 Å². The van der Waals surface area contributed by atoms with Crippen LogP contribution < -0.4 is 4.72 Å². The number of hydrogen-bond donors (Lipinski definition) is 1. The topological polar surface area (TPSA) is 107 Å². The molecule has 8 nitrogen and oxygen atoms in total. The fourth-order valence-corrected chi connectivity index (χ4v) is 2.40. The predicted molar refractivity (Wildman–Crippen MR) is 73.9 cm³/mol. The lowest BCUT2D eigenvalue weighted by atomic mass is 10.3. The molecule has 1 aromatic carbocycles. The van der Waals surface area contributed by atoms with Gasteiger partial charge in [-0.2, -0.15) is 0 Å². The van der Waals surface area contributed by atoms with Gasteiger partial charge in [0.05, 0.1) is 22.2 Å². The van der Waals surface area contributed by atoms with Crippen LogP contribution in [-0.4, -0.2) is 35.7 Å². The van der Waals surface area contributed by atoms with Crippen molar-refractivity contribution in [3.8, 4) is 0 Å². The molecule has 0 saturated carbocycles. The Kier molecular flexibility index (Phi) is 3.73. The van der Waals surface area contributed by atoms with Gasteiger partial charge in [-0.25, -0.2) is 18.1 Å². The molecule has 1 aromatic heterocycles. The van der Waals surface area contributed by atoms with E-state index in [2.05, 4.69) is 9.71 Å². The van der Waals surface area contributed by atoms with Crippen molar-refractivity contribution in [3.05, 3.63) is 34.1 Å². The SMILES string of the molecule is Cn1c(CCNS(C)(=O)=O)nc2cc([N+](=O)[O-])ccc21. The quantitative estimate of drug-likeness (QED) is 0.641. The predicted octanol–water partition coefficient (Wildman–Crippen LogP) is 0.573. The van der Waals surface area contributed by atoms with Crippen LogP contribution in [0.4, 0.5) is 5.69 Å². The molecular weight excluding hydrogens is 284 g/mol. The first kappa shape index (κ1) is 14.4. The third-order valence-corrected chi connectivity index (χ3v) is 3.61. The summed E-state index contributed by atoms with van der Waals surface area (Å²) in [5, 5.41) is 10.7. The lowest BCUT2D eigenvalue weighted by Crippen LogP contribution is -2.25. The van der Waals surface area contributed by atoms with E-state index < -0.39 is 14.9 Å². The number of nitrogens with zero attached hydrogens (tertiary/aromatic N) is 3. The maximum atomic E-state index is 11.0. The smallest absolute Gasteiger partial charge is 0.271 e. The van der Waals surface area contributed by atoms with Gasteiger partial charge in [0.2, 0.25) is 10.0 Å². The van der Waals surface area contributed by atoms with Crippen LogP contribution in [0.2, 0.25) is 0 Å². The highest BCUT2D eigenvalue weighted by atomic mass is 32.2. The van der Waals surface area contributed by atoms with Crippen molar-refractivity contribution in [3.63, 3.8) is 0 Å². The molecule has 1 heterocycles. The summed E-state index contributed by atoms with van der Waals surface area (Å²) in [7, 11) is -1.44. The summed E-state index contributed by atoms with van der Waals surface area (Å²) in [6.45, 7) is 0.234. The van der Waals surface area contributed by atoms with Gasteiger partial charge in [0.1, 0.15) is 5.82 Å². The second-order valence-electron chi connectivity index (χ2n) is 4.43. The van der Waals surface area contributed by atoms with Crippen molar-refractivity contribution in [2.45, 2.75) is 6.42 Å². The van der Waals surface area contributed by atoms with Gasteiger partial charge in [-0.15, -0.1) is 0 Å². The van der Waals surface area contributed by atoms with Crippen LogP contribution in [0.25, 0.3) is 11.0 Å². The number of imidazole rings is 1. The van der Waals surface area contributed by atoms with Gasteiger partial charge in [0.25, 0.3) is 5.69 Å². The molecular formula is C11H14N4O4S. The lowest BCUT2D eigenvalue weighted by Gasteiger charge is -2.03. The molecule has 0 fully saturated rings. The van der Waals surface area contributed by atoms with Gasteiger partial charge in [-0.1, -0.05) is 0 Å². The first-order valence-electron chi connectivity index (χ1n) is 5.82. The van der Waals surface area contributed by atoms with Gasteiger partial charge in [0, 0.05) is 32.1 Å². The zero-order valence-electron chi connectivity index (χ0n) is 11.0. The summed E-state index contributed by atoms with van der Waals surface area (Å²) < 4.78 is 26.1. The third-order valence-electron chi connectivity index (χ3n) is 2.88. The van der Waals surface area contributed by atoms with E-state index in [1.54, 1.807) is 17.7 Å². The Morgan fingerprint density at radius 2 is 2.15 bits per heavy atom. The second-order valence-corrected chi connectivity index (χ2v) is 6.27. The summed E-state index contributed by atoms with van der Waals surface area (Å²) in [4.78, 5) is 14.5. The number of nitrogens with one attached hydrogen (secondary N) is 1. The first-order chi connectivity index (χ1) is 9.28. The molecule has 0 saturated heterocycles. The minimum Gasteiger partial charge on any atom is -0.331 e. The number of non-ortho nitro benzene ring substituents is 1. The highest BCUT2D eigenvalue weighted by molar-refractivity contribution is 7.88. The molecule has 0 bridgehead atoms. The molecule has 2 rings (SSSR count). The van der Waals surface area contributed by atoms with Gasteiger partial charge >= 0.3 is 0 Å². The van der Waals surface area contributed by atoms with Crippen molar-refractivity contribution in [2.24, 2.45) is 7.05 Å². The molecule has 0 amide bonds. The highest BCUT2D eigenvalue weighted by Crippen LogP contribution is 2.21. The van der Waals surface area contributed by atoms with Crippen molar-refractivity contribution >= 4 is 26.7 Å². The number of fused-ring (bicyclic) bond motifs is 1. The molecule has 9 heteroatoms. The lowest BCUT2D eigenvalue weighted by molar-refractivity contribution is -0.384. The van der Waals surface area contributed by atoms with E-state index in [1.165, 1.54) is 12.1 Å². The number of aromatic nitrogens is 2. The van der Waals surface area contributed by atoms with Gasteiger partial charge in [0.15, 0.2) is 0 Å². The molecule has 108 valence electrons. The maximum Gasteiger partial charge on any atom is 0.271 e. The first-order valence-corrected chi connectivity index (χ1v) is 7.71. The van der Waals surface area contributed by atoms with Gasteiger partial charge in [-0.05, 0) is 6.07 Å². The summed E-state index contributed by atoms with van der Waals surface area (Å²) in [5.41, 5.74) is 1.28. The fourth-order valence-electron chi connectivity index (χ4n) is 1.92. The minimum absolute atomic E-state index is 0.0172. The molecule has 0 radical (unpaired) electrons. The van der Waals surface area contributed by atoms with Gasteiger partial charge in [-0.3, -0.25) is 10.1 Å². The molecule has 0 atom stereocenters. The number of benzene rings is 1. The van der Waals surface area contributed by atoms with E-state index >= 15 is 0 Å². The van der Waals surface area contributed by atoms with Gasteiger partial charge < -0.3 is 4.57 Å². The van der Waals surface area contributed by atoms with Crippen LogP contribution in [0.5, 0.6) is 0 Å². The number of sulfonamides is 1. The van der Waals surface area contributed by atoms with E-state index in [-0.39, 0.29) is 12.2 Å². The Bertz CT molecular complexity index is 766. The van der Waals surface area contributed by atoms with Crippen LogP contribution >= 0.6 is 0 Å². The number of rotatable bonds is 5. The molecule has 0 unspecified atom stereocenters. The third kappa shape index (κ3) is 3.11. The average molecular weight is 298 g/mol. The molecule has 0 aliphatic heterocycles. The largest absolute Gasteiger partial charge is 0.331 e. The fraction of sp³-hybridized carbons (Fsp3) is 0.364. The summed E-state index contributed by atoms with van der Waals surface area (Å²) in [5.74, 6) is 0.664. The molecule has 0 aliphatic rings. The van der Waals surface area contributed by atoms with E-state index in [4.69, 9.17) is 0 Å². The van der Waals surface area contributed by atoms with Crippen LogP contribution in [-0.2, 0) is 23.5 Å². The zero-order chi connectivity index (χ0) is 14.9. The number of nitro groups is 1. The van der Waals surface area contributed by atoms with Crippen molar-refractivity contribution in [2.75, 3.05) is 12.8 Å². The summed E-state index contributed by atoms with van der Waals surface area (Å²) in [6.07, 6.45) is 1.50. The van der Waals surface area contributed by atoms with E-state index in [0.717, 1.165) is 11.8 Å². The highest BCUT2D eigenvalue weighted by Gasteiger charge is 2.12. The Morgan fingerprint density at radius 1 is 1.45 bits per heavy atom. The molecule has 1 N–H and O–H groups in total. The summed E-state index contributed by atoms with van der Waals surface area (Å²) in [6, 6.07) is 4.46. The minimum atomic E-state index is -3.23. The number of hydrogen-bond acceptors (Lipinski definition) is 5. The normalized spacial score (nSPS) is 11.9. The van der Waals surface area contributed by atoms with Crippen LogP contribution in [0, 0.1) is 10.1 Å². The standard InChI is InChI=1S/C11H14N4O4S/c1-14-10-4-3-8(15(16)17)7-9(10)13-11(14)5-6-12-20(2,18)19/h3-4,7,12H,5-6H2,1-2H3. The number of aryl methyl sites for hydroxylation is 1. The molecule has 0 spiro atoms. The Labute approximate surface area is 115 Å². The van der Waals surface area contributed by atoms with E-state index in [1.807, 2.05) is 0 Å². The monoisotopic (exact) mass is 298 g/mol. The molecule has 20 heavy (non-hydrogen) atoms. The van der Waals surface area contributed by atoms with Crippen LogP contribution in [0.3, 0.4) is 0 Å². The second kappa shape index (κ2) is 5.17. The zero-order valence-corrected chi connectivity index (χ0v) is 11.8. The van der Waals surface area contributed by atoms with Crippen molar-refractivity contribution < 1.29 is 13.3 Å². The Balaban J connectivity index is 2.26. The average Bonchev–Trinajstić information content (AvgIpc) is 2.64. The van der Waals surface area contributed by atoms with E-state index in [0.29, 0.717) is 17.8 Å². The summed E-state index contributed by atoms with van der Waals surface area (Å²) >= 11 is 0.